The molecule has 2 N–H and O–H groups in total. The molecule has 17 heavy (non-hydrogen) atoms. The topological polar surface area (TPSA) is 81.6 Å². The number of hydrogen-bond acceptors (Lipinski definition) is 5. The van der Waals surface area contributed by atoms with Gasteiger partial charge in [0.15, 0.2) is 5.16 Å². The van der Waals surface area contributed by atoms with Crippen LogP contribution < -0.4 is 10.9 Å². The van der Waals surface area contributed by atoms with E-state index < -0.39 is 5.54 Å². The normalized spacial score (nSPS) is 14.0. The second kappa shape index (κ2) is 5.84. The van der Waals surface area contributed by atoms with Crippen molar-refractivity contribution in [1.29, 1.82) is 5.26 Å². The van der Waals surface area contributed by atoms with E-state index in [0.717, 1.165) is 6.54 Å². The largest absolute Gasteiger partial charge is 0.301 e. The molecule has 1 heterocycles. The third-order valence-corrected chi connectivity index (χ3v) is 3.35. The smallest absolute Gasteiger partial charge is 0.251 e. The van der Waals surface area contributed by atoms with Crippen LogP contribution in [0.15, 0.2) is 16.0 Å². The zero-order valence-electron chi connectivity index (χ0n) is 10.2. The summed E-state index contributed by atoms with van der Waals surface area (Å²) in [6.07, 6.45) is 0. The van der Waals surface area contributed by atoms with Crippen LogP contribution >= 0.6 is 11.8 Å². The zero-order valence-corrected chi connectivity index (χ0v) is 11.0. The van der Waals surface area contributed by atoms with Crippen LogP contribution in [0.2, 0.25) is 0 Å². The number of nitrogens with one attached hydrogen (secondary N) is 2. The van der Waals surface area contributed by atoms with E-state index in [1.54, 1.807) is 6.92 Å². The highest BCUT2D eigenvalue weighted by Gasteiger charge is 2.22. The van der Waals surface area contributed by atoms with Gasteiger partial charge in [-0.15, -0.1) is 0 Å². The van der Waals surface area contributed by atoms with Crippen molar-refractivity contribution in [1.82, 2.24) is 15.3 Å². The number of thioether (sulfide) groups is 1. The molecule has 0 aliphatic heterocycles. The third kappa shape index (κ3) is 4.21. The molecule has 1 unspecified atom stereocenters. The highest BCUT2D eigenvalue weighted by atomic mass is 32.2. The van der Waals surface area contributed by atoms with Crippen LogP contribution in [-0.2, 0) is 0 Å². The lowest BCUT2D eigenvalue weighted by Gasteiger charge is -2.21. The molecule has 0 aromatic carbocycles. The van der Waals surface area contributed by atoms with Gasteiger partial charge in [0.2, 0.25) is 0 Å². The Kier molecular flexibility index (Phi) is 4.73. The Labute approximate surface area is 105 Å². The molecule has 0 saturated heterocycles. The van der Waals surface area contributed by atoms with Crippen LogP contribution in [-0.4, -0.2) is 27.8 Å². The Hall–Kier alpha value is -1.32. The lowest BCUT2D eigenvalue weighted by atomic mass is 10.1. The molecule has 0 radical (unpaired) electrons. The van der Waals surface area contributed by atoms with Gasteiger partial charge in [-0.3, -0.25) is 10.1 Å². The summed E-state index contributed by atoms with van der Waals surface area (Å²) in [5.41, 5.74) is -0.0951. The number of nitriles is 1. The molecule has 1 atom stereocenters. The lowest BCUT2D eigenvalue weighted by molar-refractivity contribution is 0.511. The Morgan fingerprint density at radius 3 is 2.94 bits per heavy atom. The fourth-order valence-electron chi connectivity index (χ4n) is 1.35. The number of H-pyrrole nitrogens is 1. The maximum absolute atomic E-state index is 11.2. The first-order chi connectivity index (χ1) is 7.99. The fourth-order valence-corrected chi connectivity index (χ4v) is 2.32. The molecular formula is C11H16N4OS. The van der Waals surface area contributed by atoms with Crippen molar-refractivity contribution < 1.29 is 0 Å². The van der Waals surface area contributed by atoms with Gasteiger partial charge in [-0.05, 0) is 20.4 Å². The Balaban J connectivity index is 2.73. The first kappa shape index (κ1) is 13.7. The van der Waals surface area contributed by atoms with Crippen LogP contribution in [0, 0.1) is 18.3 Å². The van der Waals surface area contributed by atoms with Crippen molar-refractivity contribution in [2.24, 2.45) is 0 Å². The summed E-state index contributed by atoms with van der Waals surface area (Å²) in [5, 5.41) is 12.7. The highest BCUT2D eigenvalue weighted by Crippen LogP contribution is 2.18. The minimum Gasteiger partial charge on any atom is -0.301 e. The van der Waals surface area contributed by atoms with Crippen molar-refractivity contribution >= 4 is 11.8 Å². The van der Waals surface area contributed by atoms with Gasteiger partial charge in [-0.2, -0.15) is 5.26 Å². The van der Waals surface area contributed by atoms with E-state index in [9.17, 15) is 4.79 Å². The van der Waals surface area contributed by atoms with E-state index >= 15 is 0 Å². The third-order valence-electron chi connectivity index (χ3n) is 2.16. The van der Waals surface area contributed by atoms with Gasteiger partial charge in [0, 0.05) is 17.5 Å². The number of aromatic amines is 1. The summed E-state index contributed by atoms with van der Waals surface area (Å²) in [6, 6.07) is 3.67. The first-order valence-corrected chi connectivity index (χ1v) is 6.34. The number of rotatable bonds is 5. The summed E-state index contributed by atoms with van der Waals surface area (Å²) >= 11 is 1.37. The van der Waals surface area contributed by atoms with Crippen LogP contribution in [0.1, 0.15) is 19.5 Å². The first-order valence-electron chi connectivity index (χ1n) is 5.36. The Bertz CT molecular complexity index is 479. The van der Waals surface area contributed by atoms with Crippen molar-refractivity contribution in [3.05, 3.63) is 22.1 Å². The fraction of sp³-hybridized carbons (Fsp3) is 0.545. The molecule has 92 valence electrons. The van der Waals surface area contributed by atoms with Crippen molar-refractivity contribution in [2.75, 3.05) is 12.3 Å². The molecule has 5 nitrogen and oxygen atoms in total. The maximum Gasteiger partial charge on any atom is 0.251 e. The molecule has 0 aliphatic carbocycles. The second-order valence-electron chi connectivity index (χ2n) is 3.95. The summed E-state index contributed by atoms with van der Waals surface area (Å²) in [5.74, 6) is 0.531. The van der Waals surface area contributed by atoms with Gasteiger partial charge in [0.25, 0.3) is 5.56 Å². The number of aromatic nitrogens is 2. The Morgan fingerprint density at radius 1 is 1.71 bits per heavy atom. The van der Waals surface area contributed by atoms with Gasteiger partial charge in [0.05, 0.1) is 6.07 Å². The molecule has 6 heteroatoms. The Morgan fingerprint density at radius 2 is 2.41 bits per heavy atom. The van der Waals surface area contributed by atoms with E-state index in [0.29, 0.717) is 16.6 Å². The number of hydrogen-bond donors (Lipinski definition) is 2. The molecule has 0 saturated carbocycles. The standard InChI is InChI=1S/C11H16N4OS/c1-4-13-11(3,6-12)7-17-10-14-8(2)5-9(16)15-10/h5,13H,4,7H2,1-3H3,(H,14,15,16). The van der Waals surface area contributed by atoms with Crippen LogP contribution in [0.25, 0.3) is 0 Å². The molecule has 1 aromatic rings. The van der Waals surface area contributed by atoms with Crippen molar-refractivity contribution in [3.8, 4) is 6.07 Å². The molecule has 0 aliphatic rings. The van der Waals surface area contributed by atoms with Crippen LogP contribution in [0.4, 0.5) is 0 Å². The van der Waals surface area contributed by atoms with Crippen LogP contribution in [0.5, 0.6) is 0 Å². The quantitative estimate of drug-likeness (QED) is 0.605. The average molecular weight is 252 g/mol. The lowest BCUT2D eigenvalue weighted by Crippen LogP contribution is -2.43. The van der Waals surface area contributed by atoms with E-state index in [1.807, 2.05) is 13.8 Å². The van der Waals surface area contributed by atoms with Crippen molar-refractivity contribution in [3.63, 3.8) is 0 Å². The van der Waals surface area contributed by atoms with Gasteiger partial charge in [0.1, 0.15) is 5.54 Å². The van der Waals surface area contributed by atoms with Gasteiger partial charge in [-0.1, -0.05) is 18.7 Å². The predicted molar refractivity (Wildman–Crippen MR) is 68.0 cm³/mol. The molecule has 0 amide bonds. The molecule has 1 rings (SSSR count). The number of aryl methyl sites for hydroxylation is 1. The minimum absolute atomic E-state index is 0.165. The van der Waals surface area contributed by atoms with Crippen LogP contribution in [0.3, 0.4) is 0 Å². The SMILES string of the molecule is CCNC(C)(C#N)CSc1nc(C)cc(=O)[nH]1. The molecule has 0 fully saturated rings. The van der Waals surface area contributed by atoms with E-state index in [4.69, 9.17) is 5.26 Å². The minimum atomic E-state index is -0.609. The summed E-state index contributed by atoms with van der Waals surface area (Å²) < 4.78 is 0. The molecule has 0 spiro atoms. The summed E-state index contributed by atoms with van der Waals surface area (Å²) in [6.45, 7) is 6.28. The van der Waals surface area contributed by atoms with E-state index in [-0.39, 0.29) is 5.56 Å². The summed E-state index contributed by atoms with van der Waals surface area (Å²) in [7, 11) is 0. The predicted octanol–water partition coefficient (Wildman–Crippen LogP) is 1.06. The van der Waals surface area contributed by atoms with Crippen molar-refractivity contribution in [2.45, 2.75) is 31.5 Å². The zero-order chi connectivity index (χ0) is 12.9. The second-order valence-corrected chi connectivity index (χ2v) is 4.92. The maximum atomic E-state index is 11.2. The highest BCUT2D eigenvalue weighted by molar-refractivity contribution is 7.99. The molecule has 1 aromatic heterocycles. The number of nitrogens with zero attached hydrogens (tertiary/aromatic N) is 2. The van der Waals surface area contributed by atoms with E-state index in [2.05, 4.69) is 21.4 Å². The van der Waals surface area contributed by atoms with E-state index in [1.165, 1.54) is 17.8 Å². The monoisotopic (exact) mass is 252 g/mol. The average Bonchev–Trinajstić information content (AvgIpc) is 2.26. The molecule has 0 bridgehead atoms. The van der Waals surface area contributed by atoms with Gasteiger partial charge in [-0.25, -0.2) is 4.98 Å². The van der Waals surface area contributed by atoms with Gasteiger partial charge >= 0.3 is 0 Å². The van der Waals surface area contributed by atoms with Gasteiger partial charge < -0.3 is 4.98 Å². The molecular weight excluding hydrogens is 236 g/mol. The summed E-state index contributed by atoms with van der Waals surface area (Å²) in [4.78, 5) is 18.1.